The highest BCUT2D eigenvalue weighted by Crippen LogP contribution is 2.24. The molecule has 0 bridgehead atoms. The van der Waals surface area contributed by atoms with Crippen LogP contribution in [0.15, 0.2) is 18.2 Å². The number of rotatable bonds is 5. The van der Waals surface area contributed by atoms with Crippen LogP contribution < -0.4 is 10.6 Å². The number of ether oxygens (including phenoxy) is 1. The van der Waals surface area contributed by atoms with E-state index in [1.807, 2.05) is 37.9 Å². The molecule has 17 heavy (non-hydrogen) atoms. The molecule has 1 aromatic rings. The van der Waals surface area contributed by atoms with E-state index in [1.165, 1.54) is 0 Å². The quantitative estimate of drug-likeness (QED) is 0.790. The topological polar surface area (TPSA) is 62.3 Å². The summed E-state index contributed by atoms with van der Waals surface area (Å²) in [5.74, 6) is 0. The molecule has 0 radical (unpaired) electrons. The zero-order chi connectivity index (χ0) is 12.8. The Bertz CT molecular complexity index is 410. The van der Waals surface area contributed by atoms with E-state index in [2.05, 4.69) is 6.07 Å². The standard InChI is InChI=1S/C13H19N3O/c1-10(2)17-8-7-16(3)12-6-4-5-11(9-14)13(12)15/h4-6,10H,7-8,15H2,1-3H3. The lowest BCUT2D eigenvalue weighted by molar-refractivity contribution is 0.0846. The van der Waals surface area contributed by atoms with Gasteiger partial charge in [-0.1, -0.05) is 6.07 Å². The second-order valence-corrected chi connectivity index (χ2v) is 4.19. The Morgan fingerprint density at radius 1 is 1.47 bits per heavy atom. The molecule has 0 aliphatic rings. The molecule has 92 valence electrons. The molecular formula is C13H19N3O. The summed E-state index contributed by atoms with van der Waals surface area (Å²) < 4.78 is 5.48. The molecule has 0 aliphatic heterocycles. The highest BCUT2D eigenvalue weighted by Gasteiger charge is 2.08. The number of hydrogen-bond acceptors (Lipinski definition) is 4. The largest absolute Gasteiger partial charge is 0.396 e. The van der Waals surface area contributed by atoms with Crippen molar-refractivity contribution in [2.45, 2.75) is 20.0 Å². The number of nitrogens with two attached hydrogens (primary N) is 1. The van der Waals surface area contributed by atoms with E-state index in [9.17, 15) is 0 Å². The van der Waals surface area contributed by atoms with Gasteiger partial charge in [0.05, 0.1) is 29.6 Å². The minimum Gasteiger partial charge on any atom is -0.396 e. The Balaban J connectivity index is 2.69. The molecule has 2 N–H and O–H groups in total. The maximum absolute atomic E-state index is 8.90. The first-order valence-electron chi connectivity index (χ1n) is 5.67. The van der Waals surface area contributed by atoms with Crippen LogP contribution in [0.4, 0.5) is 11.4 Å². The lowest BCUT2D eigenvalue weighted by Crippen LogP contribution is -2.24. The Labute approximate surface area is 103 Å². The molecule has 1 aromatic carbocycles. The fourth-order valence-electron chi connectivity index (χ4n) is 1.53. The Hall–Kier alpha value is -1.73. The molecule has 0 aromatic heterocycles. The van der Waals surface area contributed by atoms with Crippen LogP contribution in [0.5, 0.6) is 0 Å². The molecule has 4 heteroatoms. The van der Waals surface area contributed by atoms with E-state index in [1.54, 1.807) is 6.07 Å². The molecule has 0 saturated carbocycles. The maximum atomic E-state index is 8.90. The summed E-state index contributed by atoms with van der Waals surface area (Å²) in [6.45, 7) is 5.40. The van der Waals surface area contributed by atoms with E-state index in [0.717, 1.165) is 12.2 Å². The van der Waals surface area contributed by atoms with Gasteiger partial charge in [0.25, 0.3) is 0 Å². The van der Waals surface area contributed by atoms with Gasteiger partial charge < -0.3 is 15.4 Å². The van der Waals surface area contributed by atoms with E-state index >= 15 is 0 Å². The average Bonchev–Trinajstić information content (AvgIpc) is 2.28. The summed E-state index contributed by atoms with van der Waals surface area (Å²) in [7, 11) is 1.94. The fraction of sp³-hybridized carbons (Fsp3) is 0.462. The third-order valence-corrected chi connectivity index (χ3v) is 2.49. The highest BCUT2D eigenvalue weighted by molar-refractivity contribution is 5.73. The second-order valence-electron chi connectivity index (χ2n) is 4.19. The minimum atomic E-state index is 0.228. The summed E-state index contributed by atoms with van der Waals surface area (Å²) in [5.41, 5.74) is 7.84. The first-order valence-corrected chi connectivity index (χ1v) is 5.67. The Kier molecular flexibility index (Phi) is 4.80. The maximum Gasteiger partial charge on any atom is 0.101 e. The monoisotopic (exact) mass is 233 g/mol. The van der Waals surface area contributed by atoms with Crippen LogP contribution in [0.2, 0.25) is 0 Å². The van der Waals surface area contributed by atoms with E-state index in [4.69, 9.17) is 15.7 Å². The van der Waals surface area contributed by atoms with Crippen molar-refractivity contribution in [1.29, 1.82) is 5.26 Å². The van der Waals surface area contributed by atoms with Gasteiger partial charge in [0.15, 0.2) is 0 Å². The lowest BCUT2D eigenvalue weighted by atomic mass is 10.1. The zero-order valence-electron chi connectivity index (χ0n) is 10.6. The molecular weight excluding hydrogens is 214 g/mol. The molecule has 0 saturated heterocycles. The summed E-state index contributed by atoms with van der Waals surface area (Å²) in [4.78, 5) is 2.00. The third kappa shape index (κ3) is 3.65. The van der Waals surface area contributed by atoms with Gasteiger partial charge in [-0.3, -0.25) is 0 Å². The normalized spacial score (nSPS) is 10.3. The van der Waals surface area contributed by atoms with Crippen molar-refractivity contribution in [2.75, 3.05) is 30.8 Å². The minimum absolute atomic E-state index is 0.228. The second kappa shape index (κ2) is 6.12. The van der Waals surface area contributed by atoms with Gasteiger partial charge in [0.1, 0.15) is 6.07 Å². The summed E-state index contributed by atoms with van der Waals surface area (Å²) in [5, 5.41) is 8.90. The van der Waals surface area contributed by atoms with Crippen LogP contribution in [-0.2, 0) is 4.74 Å². The number of likely N-dealkylation sites (N-methyl/N-ethyl adjacent to an activating group) is 1. The van der Waals surface area contributed by atoms with Crippen LogP contribution in [0, 0.1) is 11.3 Å². The van der Waals surface area contributed by atoms with Crippen molar-refractivity contribution in [1.82, 2.24) is 0 Å². The van der Waals surface area contributed by atoms with Crippen molar-refractivity contribution in [3.8, 4) is 6.07 Å². The average molecular weight is 233 g/mol. The van der Waals surface area contributed by atoms with Crippen LogP contribution in [0.25, 0.3) is 0 Å². The van der Waals surface area contributed by atoms with Gasteiger partial charge in [-0.05, 0) is 26.0 Å². The predicted molar refractivity (Wildman–Crippen MR) is 69.9 cm³/mol. The van der Waals surface area contributed by atoms with Crippen molar-refractivity contribution in [3.63, 3.8) is 0 Å². The van der Waals surface area contributed by atoms with E-state index < -0.39 is 0 Å². The number of anilines is 2. The molecule has 0 unspecified atom stereocenters. The molecule has 1 rings (SSSR count). The molecule has 0 aliphatic carbocycles. The van der Waals surface area contributed by atoms with Crippen molar-refractivity contribution < 1.29 is 4.74 Å². The zero-order valence-corrected chi connectivity index (χ0v) is 10.6. The van der Waals surface area contributed by atoms with Crippen molar-refractivity contribution >= 4 is 11.4 Å². The number of benzene rings is 1. The SMILES string of the molecule is CC(C)OCCN(C)c1cccc(C#N)c1N. The van der Waals surface area contributed by atoms with Gasteiger partial charge in [0, 0.05) is 13.6 Å². The summed E-state index contributed by atoms with van der Waals surface area (Å²) in [6.07, 6.45) is 0.228. The van der Waals surface area contributed by atoms with Gasteiger partial charge >= 0.3 is 0 Å². The number of nitrogens with zero attached hydrogens (tertiary/aromatic N) is 2. The van der Waals surface area contributed by atoms with E-state index in [-0.39, 0.29) is 6.10 Å². The molecule has 4 nitrogen and oxygen atoms in total. The number of para-hydroxylation sites is 1. The first kappa shape index (κ1) is 13.3. The van der Waals surface area contributed by atoms with Crippen molar-refractivity contribution in [3.05, 3.63) is 23.8 Å². The molecule has 0 amide bonds. The number of hydrogen-bond donors (Lipinski definition) is 1. The van der Waals surface area contributed by atoms with E-state index in [0.29, 0.717) is 17.9 Å². The Morgan fingerprint density at radius 2 is 2.18 bits per heavy atom. The lowest BCUT2D eigenvalue weighted by Gasteiger charge is -2.22. The molecule has 0 atom stereocenters. The fourth-order valence-corrected chi connectivity index (χ4v) is 1.53. The number of nitriles is 1. The Morgan fingerprint density at radius 3 is 2.76 bits per heavy atom. The summed E-state index contributed by atoms with van der Waals surface area (Å²) in [6, 6.07) is 7.55. The predicted octanol–water partition coefficient (Wildman–Crippen LogP) is 2.00. The van der Waals surface area contributed by atoms with Gasteiger partial charge in [-0.25, -0.2) is 0 Å². The van der Waals surface area contributed by atoms with Crippen LogP contribution in [0.1, 0.15) is 19.4 Å². The van der Waals surface area contributed by atoms with Crippen LogP contribution >= 0.6 is 0 Å². The van der Waals surface area contributed by atoms with Gasteiger partial charge in [0.2, 0.25) is 0 Å². The smallest absolute Gasteiger partial charge is 0.101 e. The van der Waals surface area contributed by atoms with Crippen LogP contribution in [0.3, 0.4) is 0 Å². The summed E-state index contributed by atoms with van der Waals surface area (Å²) >= 11 is 0. The molecule has 0 spiro atoms. The first-order chi connectivity index (χ1) is 8.06. The van der Waals surface area contributed by atoms with Crippen LogP contribution in [-0.4, -0.2) is 26.3 Å². The van der Waals surface area contributed by atoms with Gasteiger partial charge in [-0.2, -0.15) is 5.26 Å². The highest BCUT2D eigenvalue weighted by atomic mass is 16.5. The van der Waals surface area contributed by atoms with Gasteiger partial charge in [-0.15, -0.1) is 0 Å². The van der Waals surface area contributed by atoms with Crippen molar-refractivity contribution in [2.24, 2.45) is 0 Å². The molecule has 0 fully saturated rings. The molecule has 0 heterocycles. The third-order valence-electron chi connectivity index (χ3n) is 2.49. The number of nitrogen functional groups attached to an aromatic ring is 1.